The Morgan fingerprint density at radius 3 is 2.87 bits per heavy atom. The molecule has 3 rings (SSSR count). The van der Waals surface area contributed by atoms with E-state index in [4.69, 9.17) is 18.3 Å². The fraction of sp³-hybridized carbons (Fsp3) is 0.692. The van der Waals surface area contributed by atoms with Gasteiger partial charge in [-0.2, -0.15) is 0 Å². The number of phosphoric acid groups is 1. The van der Waals surface area contributed by atoms with Gasteiger partial charge in [-0.3, -0.25) is 27.9 Å². The zero-order valence-corrected chi connectivity index (χ0v) is 13.8. The van der Waals surface area contributed by atoms with E-state index in [1.807, 2.05) is 6.92 Å². The van der Waals surface area contributed by atoms with Gasteiger partial charge in [0, 0.05) is 18.2 Å². The highest BCUT2D eigenvalue weighted by Gasteiger charge is 2.47. The van der Waals surface area contributed by atoms with Crippen molar-refractivity contribution in [2.75, 3.05) is 13.2 Å². The highest BCUT2D eigenvalue weighted by molar-refractivity contribution is 7.48. The summed E-state index contributed by atoms with van der Waals surface area (Å²) < 4.78 is 34.9. The lowest BCUT2D eigenvalue weighted by molar-refractivity contribution is -0.0718. The smallest absolute Gasteiger partial charge is 0.349 e. The topological polar surface area (TPSA) is 109 Å². The molecule has 0 aliphatic carbocycles. The van der Waals surface area contributed by atoms with Crippen LogP contribution in [0.25, 0.3) is 0 Å². The van der Waals surface area contributed by atoms with Crippen LogP contribution in [0.4, 0.5) is 0 Å². The number of aryl methyl sites for hydroxylation is 1. The van der Waals surface area contributed by atoms with Gasteiger partial charge in [-0.1, -0.05) is 6.92 Å². The molecule has 1 aromatic rings. The summed E-state index contributed by atoms with van der Waals surface area (Å²) in [5, 5.41) is 0. The van der Waals surface area contributed by atoms with Crippen molar-refractivity contribution in [3.8, 4) is 0 Å². The number of nitrogens with zero attached hydrogens (tertiary/aromatic N) is 1. The van der Waals surface area contributed by atoms with Gasteiger partial charge in [-0.15, -0.1) is 0 Å². The summed E-state index contributed by atoms with van der Waals surface area (Å²) in [7, 11) is -3.56. The number of fused-ring (bicyclic) bond motifs is 1. The van der Waals surface area contributed by atoms with E-state index in [0.29, 0.717) is 18.4 Å². The van der Waals surface area contributed by atoms with Crippen LogP contribution in [0.15, 0.2) is 15.8 Å². The second-order valence-electron chi connectivity index (χ2n) is 5.34. The van der Waals surface area contributed by atoms with Crippen molar-refractivity contribution in [3.05, 3.63) is 32.6 Å². The third kappa shape index (κ3) is 3.20. The van der Waals surface area contributed by atoms with Crippen LogP contribution in [0.2, 0.25) is 0 Å². The second-order valence-corrected chi connectivity index (χ2v) is 6.97. The number of hydrogen-bond acceptors (Lipinski definition) is 7. The summed E-state index contributed by atoms with van der Waals surface area (Å²) in [5.41, 5.74) is -0.463. The van der Waals surface area contributed by atoms with Crippen LogP contribution in [0.1, 0.15) is 32.1 Å². The predicted molar refractivity (Wildman–Crippen MR) is 79.3 cm³/mol. The average molecular weight is 346 g/mol. The molecule has 0 bridgehead atoms. The van der Waals surface area contributed by atoms with Crippen molar-refractivity contribution in [2.24, 2.45) is 0 Å². The van der Waals surface area contributed by atoms with Crippen LogP contribution in [0.3, 0.4) is 0 Å². The first-order chi connectivity index (χ1) is 11.0. The maximum atomic E-state index is 12.2. The molecule has 0 aromatic carbocycles. The quantitative estimate of drug-likeness (QED) is 0.808. The van der Waals surface area contributed by atoms with E-state index >= 15 is 0 Å². The molecule has 2 saturated heterocycles. The number of hydrogen-bond donors (Lipinski definition) is 1. The van der Waals surface area contributed by atoms with Gasteiger partial charge in [0.05, 0.1) is 13.2 Å². The Hall–Kier alpha value is -1.25. The third-order valence-corrected chi connectivity index (χ3v) is 5.43. The largest absolute Gasteiger partial charge is 0.475 e. The predicted octanol–water partition coefficient (Wildman–Crippen LogP) is 0.946. The minimum atomic E-state index is -3.56. The van der Waals surface area contributed by atoms with Crippen LogP contribution < -0.4 is 11.2 Å². The van der Waals surface area contributed by atoms with Crippen molar-refractivity contribution >= 4 is 7.82 Å². The minimum Gasteiger partial charge on any atom is -0.349 e. The zero-order valence-electron chi connectivity index (χ0n) is 12.9. The van der Waals surface area contributed by atoms with E-state index in [0.717, 1.165) is 0 Å². The first kappa shape index (κ1) is 16.6. The average Bonchev–Trinajstić information content (AvgIpc) is 2.89. The van der Waals surface area contributed by atoms with E-state index in [9.17, 15) is 14.2 Å². The number of H-pyrrole nitrogens is 1. The minimum absolute atomic E-state index is 0.0667. The molecule has 0 amide bonds. The van der Waals surface area contributed by atoms with Crippen molar-refractivity contribution in [1.29, 1.82) is 0 Å². The Morgan fingerprint density at radius 2 is 2.17 bits per heavy atom. The number of aromatic nitrogens is 2. The lowest BCUT2D eigenvalue weighted by Crippen LogP contribution is -2.34. The molecular formula is C13H19N2O7P. The number of rotatable bonds is 4. The van der Waals surface area contributed by atoms with Gasteiger partial charge in [0.25, 0.3) is 5.56 Å². The van der Waals surface area contributed by atoms with Crippen LogP contribution in [-0.2, 0) is 29.3 Å². The Morgan fingerprint density at radius 1 is 1.39 bits per heavy atom. The normalized spacial score (nSPS) is 33.6. The van der Waals surface area contributed by atoms with Crippen LogP contribution in [0, 0.1) is 0 Å². The van der Waals surface area contributed by atoms with Crippen molar-refractivity contribution in [3.63, 3.8) is 0 Å². The van der Waals surface area contributed by atoms with Crippen molar-refractivity contribution < 1.29 is 22.9 Å². The van der Waals surface area contributed by atoms with Gasteiger partial charge in [-0.25, -0.2) is 9.36 Å². The van der Waals surface area contributed by atoms with Gasteiger partial charge in [-0.05, 0) is 13.3 Å². The van der Waals surface area contributed by atoms with Gasteiger partial charge >= 0.3 is 13.5 Å². The molecule has 128 valence electrons. The molecule has 0 saturated carbocycles. The monoisotopic (exact) mass is 346 g/mol. The fourth-order valence-electron chi connectivity index (χ4n) is 2.71. The highest BCUT2D eigenvalue weighted by atomic mass is 31.2. The van der Waals surface area contributed by atoms with Gasteiger partial charge in [0.2, 0.25) is 0 Å². The van der Waals surface area contributed by atoms with Crippen LogP contribution in [0.5, 0.6) is 0 Å². The van der Waals surface area contributed by atoms with Crippen LogP contribution in [-0.4, -0.2) is 35.0 Å². The molecule has 1 aromatic heterocycles. The lowest BCUT2D eigenvalue weighted by atomic mass is 10.2. The number of ether oxygens (including phenoxy) is 1. The summed E-state index contributed by atoms with van der Waals surface area (Å²) in [4.78, 5) is 25.9. The van der Waals surface area contributed by atoms with Crippen LogP contribution >= 0.6 is 7.82 Å². The highest BCUT2D eigenvalue weighted by Crippen LogP contribution is 2.56. The lowest BCUT2D eigenvalue weighted by Gasteiger charge is -2.29. The SMILES string of the molecule is CCO[P@]1(=O)OC[C@H]2O[C@@H](n3cc(CC)c(=O)[nH]c3=O)C[C@@H]2O1. The summed E-state index contributed by atoms with van der Waals surface area (Å²) in [6.07, 6.45) is 0.763. The van der Waals surface area contributed by atoms with E-state index in [1.54, 1.807) is 6.92 Å². The molecule has 2 aliphatic rings. The van der Waals surface area contributed by atoms with Gasteiger partial charge < -0.3 is 4.74 Å². The molecule has 10 heteroatoms. The molecule has 1 N–H and O–H groups in total. The van der Waals surface area contributed by atoms with Gasteiger partial charge in [0.15, 0.2) is 0 Å². The molecule has 2 aliphatic heterocycles. The molecule has 2 fully saturated rings. The third-order valence-electron chi connectivity index (χ3n) is 3.86. The Bertz CT molecular complexity index is 743. The maximum absolute atomic E-state index is 12.2. The molecule has 9 nitrogen and oxygen atoms in total. The molecule has 3 heterocycles. The molecule has 23 heavy (non-hydrogen) atoms. The summed E-state index contributed by atoms with van der Waals surface area (Å²) in [6.45, 7) is 3.79. The molecular weight excluding hydrogens is 327 g/mol. The Labute approximate surface area is 132 Å². The van der Waals surface area contributed by atoms with E-state index < -0.39 is 37.5 Å². The standard InChI is InChI=1S/C13H19N2O7P/c1-3-8-6-15(13(17)14-12(8)16)11-5-9-10(21-11)7-20-23(18,22-9)19-4-2/h6,9-11H,3-5,7H2,1-2H3,(H,14,16,17)/t9-,10+,11+,23+/m0/s1. The Balaban J connectivity index is 1.82. The second kappa shape index (κ2) is 6.33. The van der Waals surface area contributed by atoms with E-state index in [1.165, 1.54) is 10.8 Å². The number of nitrogens with one attached hydrogen (secondary N) is 1. The summed E-state index contributed by atoms with van der Waals surface area (Å²) in [6, 6.07) is 0. The number of aromatic amines is 1. The molecule has 0 radical (unpaired) electrons. The number of phosphoric ester groups is 1. The summed E-state index contributed by atoms with van der Waals surface area (Å²) in [5.74, 6) is 0. The van der Waals surface area contributed by atoms with Gasteiger partial charge in [0.1, 0.15) is 18.4 Å². The zero-order chi connectivity index (χ0) is 16.6. The summed E-state index contributed by atoms with van der Waals surface area (Å²) >= 11 is 0. The first-order valence-corrected chi connectivity index (χ1v) is 8.99. The van der Waals surface area contributed by atoms with Crippen molar-refractivity contribution in [1.82, 2.24) is 9.55 Å². The molecule has 0 spiro atoms. The molecule has 4 atom stereocenters. The van der Waals surface area contributed by atoms with E-state index in [2.05, 4.69) is 4.98 Å². The fourth-order valence-corrected chi connectivity index (χ4v) is 4.11. The maximum Gasteiger partial charge on any atom is 0.475 e. The molecule has 0 unspecified atom stereocenters. The van der Waals surface area contributed by atoms with E-state index in [-0.39, 0.29) is 13.2 Å². The Kier molecular flexibility index (Phi) is 4.57. The first-order valence-electron chi connectivity index (χ1n) is 7.53. The van der Waals surface area contributed by atoms with Crippen molar-refractivity contribution in [2.45, 2.75) is 45.1 Å².